The minimum absolute atomic E-state index is 0.00839. The number of hydrogen-bond donors (Lipinski definition) is 3. The van der Waals surface area contributed by atoms with Crippen LogP contribution in [0.1, 0.15) is 386 Å². The van der Waals surface area contributed by atoms with Gasteiger partial charge in [0.05, 0.1) is 25.4 Å². The van der Waals surface area contributed by atoms with Gasteiger partial charge in [0, 0.05) is 12.8 Å². The van der Waals surface area contributed by atoms with Crippen molar-refractivity contribution in [1.29, 1.82) is 0 Å². The number of esters is 1. The second-order valence-corrected chi connectivity index (χ2v) is 23.9. The average molecular weight is 1070 g/mol. The van der Waals surface area contributed by atoms with Crippen LogP contribution in [0.5, 0.6) is 0 Å². The average Bonchev–Trinajstić information content (AvgIpc) is 3.42. The number of unbranched alkanes of at least 4 members (excludes halogenated alkanes) is 50. The van der Waals surface area contributed by atoms with Crippen molar-refractivity contribution in [3.8, 4) is 0 Å². The lowest BCUT2D eigenvalue weighted by molar-refractivity contribution is -0.143. The molecule has 3 N–H and O–H groups in total. The first-order valence-corrected chi connectivity index (χ1v) is 34.6. The van der Waals surface area contributed by atoms with Gasteiger partial charge in [0.2, 0.25) is 5.91 Å². The summed E-state index contributed by atoms with van der Waals surface area (Å²) in [4.78, 5) is 24.6. The smallest absolute Gasteiger partial charge is 0.305 e. The molecule has 0 spiro atoms. The lowest BCUT2D eigenvalue weighted by atomic mass is 10.0. The second kappa shape index (κ2) is 65.9. The highest BCUT2D eigenvalue weighted by molar-refractivity contribution is 5.76. The van der Waals surface area contributed by atoms with E-state index in [4.69, 9.17) is 4.74 Å². The fraction of sp³-hybridized carbons (Fsp3) is 0.914. The molecule has 2 unspecified atom stereocenters. The maximum atomic E-state index is 12.5. The molecular weight excluding hydrogens is 935 g/mol. The van der Waals surface area contributed by atoms with Gasteiger partial charge in [0.1, 0.15) is 0 Å². The first-order valence-electron chi connectivity index (χ1n) is 34.6. The summed E-state index contributed by atoms with van der Waals surface area (Å²) in [5.74, 6) is -0.0245. The van der Waals surface area contributed by atoms with Gasteiger partial charge in [-0.2, -0.15) is 0 Å². The molecule has 0 aromatic heterocycles. The first-order chi connectivity index (χ1) is 37.5. The summed E-state index contributed by atoms with van der Waals surface area (Å²) in [6, 6.07) is -0.542. The van der Waals surface area contributed by atoms with E-state index in [0.717, 1.165) is 44.9 Å². The third kappa shape index (κ3) is 61.6. The monoisotopic (exact) mass is 1070 g/mol. The van der Waals surface area contributed by atoms with Gasteiger partial charge in [-0.3, -0.25) is 9.59 Å². The van der Waals surface area contributed by atoms with Gasteiger partial charge >= 0.3 is 5.97 Å². The molecule has 0 aliphatic heterocycles. The number of amides is 1. The molecule has 450 valence electrons. The molecule has 0 aliphatic rings. The molecule has 0 aromatic carbocycles. The zero-order valence-electron chi connectivity index (χ0n) is 51.5. The number of carbonyl (C=O) groups excluding carboxylic acids is 2. The summed E-state index contributed by atoms with van der Waals surface area (Å²) in [6.45, 7) is 4.98. The van der Waals surface area contributed by atoms with Gasteiger partial charge in [-0.05, 0) is 77.0 Å². The van der Waals surface area contributed by atoms with E-state index in [9.17, 15) is 19.8 Å². The fourth-order valence-corrected chi connectivity index (χ4v) is 10.9. The molecule has 76 heavy (non-hydrogen) atoms. The van der Waals surface area contributed by atoms with Crippen molar-refractivity contribution >= 4 is 11.9 Å². The second-order valence-electron chi connectivity index (χ2n) is 23.9. The molecule has 0 heterocycles. The number of allylic oxidation sites excluding steroid dienone is 4. The molecule has 0 aliphatic carbocycles. The van der Waals surface area contributed by atoms with Crippen molar-refractivity contribution in [2.24, 2.45) is 0 Å². The van der Waals surface area contributed by atoms with Crippen molar-refractivity contribution in [3.63, 3.8) is 0 Å². The highest BCUT2D eigenvalue weighted by Crippen LogP contribution is 2.18. The van der Waals surface area contributed by atoms with Gasteiger partial charge in [-0.1, -0.05) is 321 Å². The van der Waals surface area contributed by atoms with E-state index < -0.39 is 12.1 Å². The van der Waals surface area contributed by atoms with Gasteiger partial charge in [-0.25, -0.2) is 0 Å². The van der Waals surface area contributed by atoms with Crippen LogP contribution in [-0.4, -0.2) is 47.4 Å². The van der Waals surface area contributed by atoms with Crippen LogP contribution in [0, 0.1) is 0 Å². The minimum atomic E-state index is -0.665. The van der Waals surface area contributed by atoms with Gasteiger partial charge < -0.3 is 20.3 Å². The van der Waals surface area contributed by atoms with E-state index in [-0.39, 0.29) is 18.5 Å². The minimum Gasteiger partial charge on any atom is -0.466 e. The number of aliphatic hydroxyl groups excluding tert-OH is 2. The van der Waals surface area contributed by atoms with Crippen LogP contribution in [0.15, 0.2) is 24.3 Å². The molecule has 0 saturated heterocycles. The fourth-order valence-electron chi connectivity index (χ4n) is 10.9. The number of rotatable bonds is 65. The SMILES string of the molecule is CCCCCCCCC/C=C\CCCCCCCC(=O)OCCCCCCCCCCCCCC/C=C\CCCCCCCCCCCCCC(=O)NC(CO)C(O)CCCCCCCCCCCCCCCCCC. The molecule has 0 saturated carbocycles. The highest BCUT2D eigenvalue weighted by atomic mass is 16.5. The predicted octanol–water partition coefficient (Wildman–Crippen LogP) is 22.1. The Morgan fingerprint density at radius 3 is 0.934 bits per heavy atom. The maximum absolute atomic E-state index is 12.5. The number of hydrogen-bond acceptors (Lipinski definition) is 5. The quantitative estimate of drug-likeness (QED) is 0.0320. The van der Waals surface area contributed by atoms with Crippen molar-refractivity contribution in [3.05, 3.63) is 24.3 Å². The van der Waals surface area contributed by atoms with Crippen molar-refractivity contribution in [2.45, 2.75) is 398 Å². The van der Waals surface area contributed by atoms with E-state index >= 15 is 0 Å². The molecule has 6 heteroatoms. The van der Waals surface area contributed by atoms with Crippen molar-refractivity contribution in [1.82, 2.24) is 5.32 Å². The molecule has 0 aromatic rings. The molecular formula is C70H135NO5. The van der Waals surface area contributed by atoms with Gasteiger partial charge in [0.25, 0.3) is 0 Å². The highest BCUT2D eigenvalue weighted by Gasteiger charge is 2.20. The summed E-state index contributed by atoms with van der Waals surface area (Å²) < 4.78 is 5.49. The summed E-state index contributed by atoms with van der Waals surface area (Å²) in [7, 11) is 0. The normalized spacial score (nSPS) is 12.6. The third-order valence-electron chi connectivity index (χ3n) is 16.2. The first kappa shape index (κ1) is 74.3. The van der Waals surface area contributed by atoms with Crippen molar-refractivity contribution < 1.29 is 24.5 Å². The Balaban J connectivity index is 3.37. The van der Waals surface area contributed by atoms with E-state index in [1.54, 1.807) is 0 Å². The van der Waals surface area contributed by atoms with Gasteiger partial charge in [0.15, 0.2) is 0 Å². The molecule has 0 fully saturated rings. The van der Waals surface area contributed by atoms with Crippen LogP contribution < -0.4 is 5.32 Å². The lowest BCUT2D eigenvalue weighted by Gasteiger charge is -2.22. The van der Waals surface area contributed by atoms with Crippen LogP contribution in [0.4, 0.5) is 0 Å². The summed E-state index contributed by atoms with van der Waals surface area (Å²) in [5.41, 5.74) is 0. The molecule has 6 nitrogen and oxygen atoms in total. The number of ether oxygens (including phenoxy) is 1. The lowest BCUT2D eigenvalue weighted by Crippen LogP contribution is -2.45. The molecule has 2 atom stereocenters. The van der Waals surface area contributed by atoms with Crippen LogP contribution in [0.3, 0.4) is 0 Å². The Morgan fingerprint density at radius 2 is 0.618 bits per heavy atom. The predicted molar refractivity (Wildman–Crippen MR) is 333 cm³/mol. The molecule has 0 rings (SSSR count). The Hall–Kier alpha value is -1.66. The zero-order chi connectivity index (χ0) is 55.0. The molecule has 0 radical (unpaired) electrons. The summed E-state index contributed by atoms with van der Waals surface area (Å²) in [6.07, 6.45) is 82.2. The summed E-state index contributed by atoms with van der Waals surface area (Å²) >= 11 is 0. The van der Waals surface area contributed by atoms with E-state index in [1.807, 2.05) is 0 Å². The topological polar surface area (TPSA) is 95.9 Å². The van der Waals surface area contributed by atoms with Crippen LogP contribution in [-0.2, 0) is 14.3 Å². The Kier molecular flexibility index (Phi) is 64.4. The number of carbonyl (C=O) groups is 2. The molecule has 1 amide bonds. The van der Waals surface area contributed by atoms with Crippen molar-refractivity contribution in [2.75, 3.05) is 13.2 Å². The number of aliphatic hydroxyl groups is 2. The van der Waals surface area contributed by atoms with E-state index in [2.05, 4.69) is 43.5 Å². The Bertz CT molecular complexity index is 1190. The largest absolute Gasteiger partial charge is 0.466 e. The third-order valence-corrected chi connectivity index (χ3v) is 16.2. The Labute approximate surface area is 475 Å². The standard InChI is InChI=1S/C70H135NO5/c1-3-5-7-9-11-13-15-17-19-34-38-42-46-50-54-58-62-68(73)67(66-72)71-69(74)63-59-55-51-47-43-39-35-32-30-28-26-24-22-21-23-25-27-29-31-33-37-41-45-49-53-57-61-65-76-70(75)64-60-56-52-48-44-40-36-20-18-16-14-12-10-8-6-4-2/h20-22,36,67-68,72-73H,3-19,23-35,37-66H2,1-2H3,(H,71,74)/b22-21-,36-20-. The van der Waals surface area contributed by atoms with Crippen LogP contribution in [0.2, 0.25) is 0 Å². The van der Waals surface area contributed by atoms with E-state index in [1.165, 1.54) is 308 Å². The number of nitrogens with one attached hydrogen (secondary N) is 1. The van der Waals surface area contributed by atoms with Crippen LogP contribution >= 0.6 is 0 Å². The maximum Gasteiger partial charge on any atom is 0.305 e. The van der Waals surface area contributed by atoms with E-state index in [0.29, 0.717) is 25.9 Å². The summed E-state index contributed by atoms with van der Waals surface area (Å²) in [5, 5.41) is 23.3. The van der Waals surface area contributed by atoms with Crippen LogP contribution in [0.25, 0.3) is 0 Å². The molecule has 0 bridgehead atoms. The Morgan fingerprint density at radius 1 is 0.355 bits per heavy atom. The zero-order valence-corrected chi connectivity index (χ0v) is 51.5. The van der Waals surface area contributed by atoms with Gasteiger partial charge in [-0.15, -0.1) is 0 Å².